The average molecular weight is 631 g/mol. The molecule has 0 amide bonds. The van der Waals surface area contributed by atoms with Crippen LogP contribution >= 0.6 is 23.2 Å². The smallest absolute Gasteiger partial charge is 0.341 e. The zero-order valence-corrected chi connectivity index (χ0v) is 25.7. The normalized spacial score (nSPS) is 21.7. The molecule has 0 spiro atoms. The molecule has 4 rings (SSSR count). The minimum absolute atomic E-state index is 0.00363. The number of anilines is 1. The minimum atomic E-state index is -1.81. The van der Waals surface area contributed by atoms with E-state index in [2.05, 4.69) is 11.4 Å². The molecule has 0 saturated carbocycles. The van der Waals surface area contributed by atoms with E-state index in [9.17, 15) is 14.9 Å². The number of nitrogen functional groups attached to an aromatic ring is 1. The number of Topliss-reactive ketones (excluding diaryl/α,β-unsaturated/α-hetero) is 1. The maximum atomic E-state index is 15.9. The third kappa shape index (κ3) is 5.67. The van der Waals surface area contributed by atoms with Crippen molar-refractivity contribution in [2.45, 2.75) is 50.6 Å². The van der Waals surface area contributed by atoms with Gasteiger partial charge in [0, 0.05) is 28.1 Å². The van der Waals surface area contributed by atoms with E-state index >= 15 is 8.78 Å². The monoisotopic (exact) mass is 629 g/mol. The van der Waals surface area contributed by atoms with E-state index in [-0.39, 0.29) is 43.7 Å². The second kappa shape index (κ2) is 12.1. The first-order valence-electron chi connectivity index (χ1n) is 13.4. The second-order valence-electron chi connectivity index (χ2n) is 11.7. The van der Waals surface area contributed by atoms with Crippen molar-refractivity contribution in [2.24, 2.45) is 5.41 Å². The molecule has 1 aliphatic rings. The van der Waals surface area contributed by atoms with Crippen LogP contribution in [0.25, 0.3) is 0 Å². The zero-order chi connectivity index (χ0) is 31.9. The van der Waals surface area contributed by atoms with Gasteiger partial charge in [0.15, 0.2) is 11.5 Å². The molecular weight excluding hydrogens is 599 g/mol. The number of nitriles is 1. The Balaban J connectivity index is 2.04. The molecule has 0 radical (unpaired) electrons. The van der Waals surface area contributed by atoms with Crippen molar-refractivity contribution in [1.82, 2.24) is 5.32 Å². The predicted molar refractivity (Wildman–Crippen MR) is 161 cm³/mol. The van der Waals surface area contributed by atoms with Crippen LogP contribution in [0.15, 0.2) is 48.5 Å². The fourth-order valence-corrected chi connectivity index (χ4v) is 6.37. The van der Waals surface area contributed by atoms with Gasteiger partial charge in [-0.2, -0.15) is 5.26 Å². The summed E-state index contributed by atoms with van der Waals surface area (Å²) in [7, 11) is 2.48. The highest BCUT2D eigenvalue weighted by Gasteiger charge is 2.61. The van der Waals surface area contributed by atoms with E-state index in [1.54, 1.807) is 0 Å². The number of carbonyl (C=O) groups excluding carboxylic acids is 2. The van der Waals surface area contributed by atoms with Gasteiger partial charge in [0.1, 0.15) is 22.6 Å². The lowest BCUT2D eigenvalue weighted by molar-refractivity contribution is 0.0596. The number of methoxy groups -OCH3 is 2. The third-order valence-corrected chi connectivity index (χ3v) is 8.33. The number of benzene rings is 3. The number of ketones is 1. The van der Waals surface area contributed by atoms with Gasteiger partial charge < -0.3 is 20.5 Å². The molecule has 1 heterocycles. The molecule has 3 aromatic rings. The van der Waals surface area contributed by atoms with E-state index in [0.29, 0.717) is 6.42 Å². The molecule has 1 aliphatic heterocycles. The first-order valence-corrected chi connectivity index (χ1v) is 14.1. The van der Waals surface area contributed by atoms with Gasteiger partial charge in [0.05, 0.1) is 37.0 Å². The second-order valence-corrected chi connectivity index (χ2v) is 12.5. The molecule has 43 heavy (non-hydrogen) atoms. The molecule has 0 aromatic heterocycles. The Morgan fingerprint density at radius 3 is 2.35 bits per heavy atom. The maximum Gasteiger partial charge on any atom is 0.341 e. The number of halogens is 4. The molecule has 7 nitrogen and oxygen atoms in total. The number of nitrogens with one attached hydrogen (secondary N) is 1. The Hall–Kier alpha value is -3.71. The summed E-state index contributed by atoms with van der Waals surface area (Å²) in [5, 5.41) is 14.1. The van der Waals surface area contributed by atoms with Crippen LogP contribution in [0.4, 0.5) is 14.5 Å². The van der Waals surface area contributed by atoms with Gasteiger partial charge >= 0.3 is 5.97 Å². The summed E-state index contributed by atoms with van der Waals surface area (Å²) >= 11 is 12.3. The molecule has 0 unspecified atom stereocenters. The molecule has 11 heteroatoms. The lowest BCUT2D eigenvalue weighted by Gasteiger charge is -2.37. The lowest BCUT2D eigenvalue weighted by atomic mass is 9.62. The number of hydrogen-bond acceptors (Lipinski definition) is 7. The summed E-state index contributed by atoms with van der Waals surface area (Å²) in [6.45, 7) is 5.81. The van der Waals surface area contributed by atoms with Gasteiger partial charge in [-0.1, -0.05) is 62.2 Å². The van der Waals surface area contributed by atoms with E-state index < -0.39 is 52.2 Å². The first-order chi connectivity index (χ1) is 20.2. The van der Waals surface area contributed by atoms with Crippen LogP contribution in [0.5, 0.6) is 5.75 Å². The highest BCUT2D eigenvalue weighted by Crippen LogP contribution is 2.53. The van der Waals surface area contributed by atoms with Gasteiger partial charge in [-0.05, 0) is 47.7 Å². The molecule has 0 bridgehead atoms. The third-order valence-electron chi connectivity index (χ3n) is 7.80. The number of rotatable bonds is 7. The topological polar surface area (TPSA) is 114 Å². The quantitative estimate of drug-likeness (QED) is 0.167. The van der Waals surface area contributed by atoms with Crippen molar-refractivity contribution in [1.29, 1.82) is 5.26 Å². The largest absolute Gasteiger partial charge is 0.494 e. The Bertz CT molecular complexity index is 1640. The number of nitrogens with two attached hydrogens (primary N) is 1. The fraction of sp³-hybridized carbons (Fsp3) is 0.344. The van der Waals surface area contributed by atoms with Crippen LogP contribution in [-0.2, 0) is 10.2 Å². The van der Waals surface area contributed by atoms with E-state index in [4.69, 9.17) is 38.4 Å². The summed E-state index contributed by atoms with van der Waals surface area (Å²) in [6, 6.07) is 11.0. The summed E-state index contributed by atoms with van der Waals surface area (Å²) < 4.78 is 41.9. The van der Waals surface area contributed by atoms with Gasteiger partial charge in [-0.15, -0.1) is 0 Å². The van der Waals surface area contributed by atoms with E-state index in [0.717, 1.165) is 6.07 Å². The summed E-state index contributed by atoms with van der Waals surface area (Å²) in [5.41, 5.74) is 3.84. The van der Waals surface area contributed by atoms with Crippen LogP contribution in [0, 0.1) is 28.4 Å². The van der Waals surface area contributed by atoms with Crippen molar-refractivity contribution < 1.29 is 27.8 Å². The van der Waals surface area contributed by atoms with Gasteiger partial charge in [-0.25, -0.2) is 13.6 Å². The van der Waals surface area contributed by atoms with Crippen molar-refractivity contribution in [3.63, 3.8) is 0 Å². The number of ether oxygens (including phenoxy) is 2. The molecule has 1 saturated heterocycles. The molecule has 3 aromatic carbocycles. The van der Waals surface area contributed by atoms with Crippen LogP contribution in [0.3, 0.4) is 0 Å². The standard InChI is InChI=1S/C32H31Cl2F2N3O4/c1-31(2,3)14-23-32(15-37,20-12-9-16(33)13-22(20)35)24(17-7-6-8-21(34)25(17)36)27(39-23)28(40)18-10-11-19(30(41)43-5)29(42-4)26(18)38/h6-13,23-24,27,39H,14,38H2,1-5H3/t23-,24-,27+,32-/m0/s1. The molecular formula is C32H31Cl2F2N3O4. The summed E-state index contributed by atoms with van der Waals surface area (Å²) in [6.07, 6.45) is 0.297. The minimum Gasteiger partial charge on any atom is -0.494 e. The van der Waals surface area contributed by atoms with Crippen LogP contribution in [-0.4, -0.2) is 38.1 Å². The van der Waals surface area contributed by atoms with Crippen molar-refractivity contribution in [3.8, 4) is 11.8 Å². The Kier molecular flexibility index (Phi) is 9.08. The Labute approximate surface area is 258 Å². The predicted octanol–water partition coefficient (Wildman–Crippen LogP) is 6.85. The van der Waals surface area contributed by atoms with Crippen molar-refractivity contribution in [2.75, 3.05) is 20.0 Å². The van der Waals surface area contributed by atoms with Crippen molar-refractivity contribution in [3.05, 3.63) is 92.5 Å². The fourth-order valence-electron chi connectivity index (χ4n) is 6.03. The number of nitrogens with zero attached hydrogens (tertiary/aromatic N) is 1. The lowest BCUT2D eigenvalue weighted by Crippen LogP contribution is -2.44. The highest BCUT2D eigenvalue weighted by atomic mass is 35.5. The van der Waals surface area contributed by atoms with Gasteiger partial charge in [0.2, 0.25) is 0 Å². The SMILES string of the molecule is COC(=O)c1ccc(C(=O)[C@@H]2N[C@@H](CC(C)(C)C)[C@](C#N)(c3ccc(Cl)cc3F)[C@H]2c2cccc(Cl)c2F)c(N)c1OC. The molecule has 0 aliphatic carbocycles. The Morgan fingerprint density at radius 1 is 1.09 bits per heavy atom. The molecule has 3 N–H and O–H groups in total. The van der Waals surface area contributed by atoms with Crippen LogP contribution < -0.4 is 15.8 Å². The zero-order valence-electron chi connectivity index (χ0n) is 24.2. The Morgan fingerprint density at radius 2 is 1.77 bits per heavy atom. The van der Waals surface area contributed by atoms with E-state index in [1.807, 2.05) is 20.8 Å². The molecule has 226 valence electrons. The van der Waals surface area contributed by atoms with Gasteiger partial charge in [0.25, 0.3) is 0 Å². The van der Waals surface area contributed by atoms with Gasteiger partial charge in [-0.3, -0.25) is 4.79 Å². The number of esters is 1. The summed E-state index contributed by atoms with van der Waals surface area (Å²) in [4.78, 5) is 26.8. The van der Waals surface area contributed by atoms with Crippen LogP contribution in [0.2, 0.25) is 10.0 Å². The maximum absolute atomic E-state index is 15.9. The first kappa shape index (κ1) is 32.2. The summed E-state index contributed by atoms with van der Waals surface area (Å²) in [5.74, 6) is -4.33. The molecule has 1 fully saturated rings. The molecule has 4 atom stereocenters. The van der Waals surface area contributed by atoms with Crippen LogP contribution in [0.1, 0.15) is 65.0 Å². The highest BCUT2D eigenvalue weighted by molar-refractivity contribution is 6.31. The van der Waals surface area contributed by atoms with E-state index in [1.165, 1.54) is 56.7 Å². The average Bonchev–Trinajstić information content (AvgIpc) is 3.26. The number of carbonyl (C=O) groups is 2. The van der Waals surface area contributed by atoms with Crippen molar-refractivity contribution >= 4 is 40.6 Å². The number of hydrogen-bond donors (Lipinski definition) is 2.